The van der Waals surface area contributed by atoms with Gasteiger partial charge in [0, 0.05) is 29.6 Å². The van der Waals surface area contributed by atoms with Crippen LogP contribution in [0.1, 0.15) is 43.0 Å². The summed E-state index contributed by atoms with van der Waals surface area (Å²) in [7, 11) is 0. The predicted molar refractivity (Wildman–Crippen MR) is 110 cm³/mol. The molecule has 3 aromatic rings. The Morgan fingerprint density at radius 1 is 1.04 bits per heavy atom. The van der Waals surface area contributed by atoms with Crippen molar-refractivity contribution in [1.29, 1.82) is 0 Å². The zero-order valence-corrected chi connectivity index (χ0v) is 15.7. The van der Waals surface area contributed by atoms with Crippen LogP contribution in [0, 0.1) is 0 Å². The van der Waals surface area contributed by atoms with Gasteiger partial charge >= 0.3 is 0 Å². The molecule has 0 fully saturated rings. The monoisotopic (exact) mass is 359 g/mol. The fourth-order valence-corrected chi connectivity index (χ4v) is 4.00. The smallest absolute Gasteiger partial charge is 0.241 e. The first-order valence-electron chi connectivity index (χ1n) is 9.71. The number of carbonyl (C=O) groups excluding carboxylic acids is 1. The van der Waals surface area contributed by atoms with Crippen molar-refractivity contribution in [3.05, 3.63) is 71.4 Å². The summed E-state index contributed by atoms with van der Waals surface area (Å²) in [6.07, 6.45) is 5.17. The quantitative estimate of drug-likeness (QED) is 0.531. The number of para-hydroxylation sites is 1. The summed E-state index contributed by atoms with van der Waals surface area (Å²) in [5, 5.41) is 5.60. The number of hydrogen-bond donors (Lipinski definition) is 1. The lowest BCUT2D eigenvalue weighted by atomic mass is 9.95. The molecule has 0 aliphatic heterocycles. The number of amides is 1. The fourth-order valence-electron chi connectivity index (χ4n) is 4.00. The first kappa shape index (κ1) is 17.5. The van der Waals surface area contributed by atoms with Gasteiger partial charge in [-0.3, -0.25) is 4.79 Å². The second-order valence-corrected chi connectivity index (χ2v) is 7.15. The third-order valence-corrected chi connectivity index (χ3v) is 5.39. The average molecular weight is 359 g/mol. The maximum absolute atomic E-state index is 12.3. The molecule has 1 aliphatic carbocycles. The van der Waals surface area contributed by atoms with Crippen molar-refractivity contribution < 1.29 is 4.79 Å². The van der Waals surface area contributed by atoms with Crippen molar-refractivity contribution in [2.45, 2.75) is 45.6 Å². The molecule has 1 N–H and O–H groups in total. The Morgan fingerprint density at radius 3 is 2.63 bits per heavy atom. The van der Waals surface area contributed by atoms with E-state index in [9.17, 15) is 4.79 Å². The summed E-state index contributed by atoms with van der Waals surface area (Å²) < 4.78 is 2.34. The Morgan fingerprint density at radius 2 is 1.78 bits per heavy atom. The molecule has 4 nitrogen and oxygen atoms in total. The molecular weight excluding hydrogens is 334 g/mol. The highest BCUT2D eigenvalue weighted by molar-refractivity contribution is 5.99. The number of carbonyl (C=O) groups is 1. The number of fused-ring (bicyclic) bond motifs is 3. The van der Waals surface area contributed by atoms with E-state index in [0.29, 0.717) is 13.0 Å². The van der Waals surface area contributed by atoms with E-state index in [1.165, 1.54) is 35.0 Å². The Kier molecular flexibility index (Phi) is 5.05. The van der Waals surface area contributed by atoms with Gasteiger partial charge in [-0.2, -0.15) is 5.10 Å². The molecule has 0 saturated carbocycles. The van der Waals surface area contributed by atoms with Crippen molar-refractivity contribution in [2.24, 2.45) is 5.10 Å². The Bertz CT molecular complexity index is 986. The predicted octanol–water partition coefficient (Wildman–Crippen LogP) is 4.45. The third-order valence-electron chi connectivity index (χ3n) is 5.39. The van der Waals surface area contributed by atoms with Crippen LogP contribution < -0.4 is 5.43 Å². The highest BCUT2D eigenvalue weighted by Gasteiger charge is 2.19. The lowest BCUT2D eigenvalue weighted by Gasteiger charge is -2.15. The molecule has 0 unspecified atom stereocenters. The number of aryl methyl sites for hydroxylation is 2. The number of benzene rings is 2. The van der Waals surface area contributed by atoms with E-state index in [4.69, 9.17) is 0 Å². The molecule has 0 spiro atoms. The minimum Gasteiger partial charge on any atom is -0.344 e. The summed E-state index contributed by atoms with van der Waals surface area (Å²) in [6, 6.07) is 18.5. The van der Waals surface area contributed by atoms with E-state index in [-0.39, 0.29) is 5.91 Å². The zero-order chi connectivity index (χ0) is 18.6. The molecule has 4 rings (SSSR count). The molecular formula is C23H25N3O. The van der Waals surface area contributed by atoms with Crippen LogP contribution in [0.2, 0.25) is 0 Å². The Hall–Kier alpha value is -2.88. The third kappa shape index (κ3) is 3.65. The van der Waals surface area contributed by atoms with Gasteiger partial charge in [-0.05, 0) is 49.8 Å². The van der Waals surface area contributed by atoms with E-state index in [1.54, 1.807) is 0 Å². The second kappa shape index (κ2) is 7.78. The van der Waals surface area contributed by atoms with Crippen LogP contribution in [-0.4, -0.2) is 16.2 Å². The Labute approximate surface area is 159 Å². The van der Waals surface area contributed by atoms with Crippen molar-refractivity contribution >= 4 is 22.5 Å². The van der Waals surface area contributed by atoms with Crippen LogP contribution in [0.5, 0.6) is 0 Å². The molecule has 0 bridgehead atoms. The number of aromatic nitrogens is 1. The Balaban J connectivity index is 1.47. The van der Waals surface area contributed by atoms with E-state index >= 15 is 0 Å². The van der Waals surface area contributed by atoms with Gasteiger partial charge in [0.25, 0.3) is 0 Å². The highest BCUT2D eigenvalue weighted by atomic mass is 16.2. The van der Waals surface area contributed by atoms with Crippen LogP contribution in [0.4, 0.5) is 0 Å². The summed E-state index contributed by atoms with van der Waals surface area (Å²) in [5.41, 5.74) is 8.69. The summed E-state index contributed by atoms with van der Waals surface area (Å²) in [4.78, 5) is 12.3. The van der Waals surface area contributed by atoms with Crippen LogP contribution in [0.15, 0.2) is 59.7 Å². The topological polar surface area (TPSA) is 46.4 Å². The lowest BCUT2D eigenvalue weighted by Crippen LogP contribution is -2.21. The van der Waals surface area contributed by atoms with Crippen molar-refractivity contribution in [3.8, 4) is 0 Å². The maximum Gasteiger partial charge on any atom is 0.241 e. The van der Waals surface area contributed by atoms with E-state index in [1.807, 2.05) is 37.3 Å². The van der Waals surface area contributed by atoms with E-state index < -0.39 is 0 Å². The first-order valence-corrected chi connectivity index (χ1v) is 9.71. The number of hydrogen-bond acceptors (Lipinski definition) is 2. The average Bonchev–Trinajstić information content (AvgIpc) is 3.05. The summed E-state index contributed by atoms with van der Waals surface area (Å²) in [5.74, 6) is -0.0485. The van der Waals surface area contributed by atoms with Crippen molar-refractivity contribution in [1.82, 2.24) is 9.99 Å². The van der Waals surface area contributed by atoms with Gasteiger partial charge in [0.1, 0.15) is 0 Å². The van der Waals surface area contributed by atoms with Crippen molar-refractivity contribution in [3.63, 3.8) is 0 Å². The number of rotatable bonds is 5. The SMILES string of the molecule is C/C(=N/NC(=O)CCn1c2c(c3ccccc31)CCCC2)c1ccccc1. The molecule has 138 valence electrons. The van der Waals surface area contributed by atoms with Gasteiger partial charge in [0.2, 0.25) is 5.91 Å². The second-order valence-electron chi connectivity index (χ2n) is 7.15. The summed E-state index contributed by atoms with van der Waals surface area (Å²) in [6.45, 7) is 2.60. The maximum atomic E-state index is 12.3. The number of nitrogens with one attached hydrogen (secondary N) is 1. The van der Waals surface area contributed by atoms with Crippen LogP contribution in [0.3, 0.4) is 0 Å². The number of nitrogens with zero attached hydrogens (tertiary/aromatic N) is 2. The van der Waals surface area contributed by atoms with E-state index in [0.717, 1.165) is 24.1 Å². The van der Waals surface area contributed by atoms with Gasteiger partial charge < -0.3 is 4.57 Å². The van der Waals surface area contributed by atoms with Gasteiger partial charge in [-0.15, -0.1) is 0 Å². The molecule has 0 saturated heterocycles. The number of hydrazone groups is 1. The molecule has 1 heterocycles. The standard InChI is InChI=1S/C23H25N3O/c1-17(18-9-3-2-4-10-18)24-25-23(27)15-16-26-21-13-7-5-11-19(21)20-12-6-8-14-22(20)26/h2-5,7,9-11,13H,6,8,12,14-16H2,1H3,(H,25,27)/b24-17-. The van der Waals surface area contributed by atoms with Crippen molar-refractivity contribution in [2.75, 3.05) is 0 Å². The first-order chi connectivity index (χ1) is 13.2. The minimum absolute atomic E-state index is 0.0485. The van der Waals surface area contributed by atoms with Gasteiger partial charge in [-0.1, -0.05) is 48.5 Å². The fraction of sp³-hybridized carbons (Fsp3) is 0.304. The molecule has 27 heavy (non-hydrogen) atoms. The minimum atomic E-state index is -0.0485. The van der Waals surface area contributed by atoms with Gasteiger partial charge in [0.15, 0.2) is 0 Å². The highest BCUT2D eigenvalue weighted by Crippen LogP contribution is 2.32. The summed E-state index contributed by atoms with van der Waals surface area (Å²) >= 11 is 0. The van der Waals surface area contributed by atoms with Crippen LogP contribution >= 0.6 is 0 Å². The normalized spacial score (nSPS) is 14.2. The van der Waals surface area contributed by atoms with Crippen LogP contribution in [-0.2, 0) is 24.2 Å². The molecule has 0 atom stereocenters. The van der Waals surface area contributed by atoms with E-state index in [2.05, 4.69) is 39.4 Å². The van der Waals surface area contributed by atoms with Gasteiger partial charge in [-0.25, -0.2) is 5.43 Å². The van der Waals surface area contributed by atoms with Gasteiger partial charge in [0.05, 0.1) is 5.71 Å². The zero-order valence-electron chi connectivity index (χ0n) is 15.7. The molecule has 1 aliphatic rings. The molecule has 2 aromatic carbocycles. The largest absolute Gasteiger partial charge is 0.344 e. The van der Waals surface area contributed by atoms with Crippen LogP contribution in [0.25, 0.3) is 10.9 Å². The lowest BCUT2D eigenvalue weighted by molar-refractivity contribution is -0.121. The molecule has 1 aromatic heterocycles. The molecule has 0 radical (unpaired) electrons. The molecule has 4 heteroatoms. The molecule has 1 amide bonds.